The molecule has 1 saturated carbocycles. The van der Waals surface area contributed by atoms with Gasteiger partial charge in [0.25, 0.3) is 0 Å². The summed E-state index contributed by atoms with van der Waals surface area (Å²) in [5.74, 6) is 1.94. The zero-order valence-corrected chi connectivity index (χ0v) is 13.3. The van der Waals surface area contributed by atoms with Crippen molar-refractivity contribution in [3.63, 3.8) is 0 Å². The van der Waals surface area contributed by atoms with Crippen LogP contribution in [0.1, 0.15) is 66.7 Å². The number of amides is 1. The van der Waals surface area contributed by atoms with Crippen LogP contribution in [0.5, 0.6) is 0 Å². The molecule has 107 valence electrons. The second-order valence-corrected chi connectivity index (χ2v) is 6.76. The number of nitrogens with zero attached hydrogens (tertiary/aromatic N) is 1. The van der Waals surface area contributed by atoms with Gasteiger partial charge in [-0.25, -0.2) is 0 Å². The second kappa shape index (κ2) is 5.50. The number of rotatable bonds is 1. The molecule has 3 rings (SSSR count). The Morgan fingerprint density at radius 3 is 2.63 bits per heavy atom. The fourth-order valence-electron chi connectivity index (χ4n) is 4.36. The van der Waals surface area contributed by atoms with E-state index in [0.717, 1.165) is 24.6 Å². The Morgan fingerprint density at radius 2 is 2.00 bits per heavy atom. The lowest BCUT2D eigenvalue weighted by atomic mass is 9.76. The van der Waals surface area contributed by atoms with Gasteiger partial charge >= 0.3 is 0 Å². The fourth-order valence-corrected chi connectivity index (χ4v) is 4.36. The molecule has 0 aromatic carbocycles. The quantitative estimate of drug-likeness (QED) is 0.656. The summed E-state index contributed by atoms with van der Waals surface area (Å²) < 4.78 is 0. The average Bonchev–Trinajstić information content (AvgIpc) is 3.04. The maximum absolute atomic E-state index is 12.1. The minimum Gasteiger partial charge on any atom is -0.337 e. The van der Waals surface area contributed by atoms with Gasteiger partial charge in [0.2, 0.25) is 5.91 Å². The van der Waals surface area contributed by atoms with Crippen molar-refractivity contribution in [2.24, 2.45) is 5.92 Å². The Morgan fingerprint density at radius 1 is 1.32 bits per heavy atom. The predicted molar refractivity (Wildman–Crippen MR) is 81.6 cm³/mol. The van der Waals surface area contributed by atoms with Gasteiger partial charge in [-0.1, -0.05) is 44.7 Å². The van der Waals surface area contributed by atoms with Crippen LogP contribution in [0, 0.1) is 5.92 Å². The lowest BCUT2D eigenvalue weighted by Crippen LogP contribution is -2.51. The Hall–Kier alpha value is -0.465. The molecule has 0 bridgehead atoms. The summed E-state index contributed by atoms with van der Waals surface area (Å²) in [7, 11) is 2.55. The van der Waals surface area contributed by atoms with E-state index in [9.17, 15) is 4.79 Å². The number of fused-ring (bicyclic) bond motifs is 3. The molecule has 2 saturated heterocycles. The summed E-state index contributed by atoms with van der Waals surface area (Å²) in [5.41, 5.74) is 0. The second-order valence-electron chi connectivity index (χ2n) is 6.76. The Kier molecular flexibility index (Phi) is 4.32. The summed E-state index contributed by atoms with van der Waals surface area (Å²) in [6, 6.07) is 0.903. The van der Waals surface area contributed by atoms with Crippen LogP contribution >= 0.6 is 0 Å². The monoisotopic (exact) mass is 262 g/mol. The van der Waals surface area contributed by atoms with Crippen LogP contribution in [0.25, 0.3) is 0 Å². The van der Waals surface area contributed by atoms with E-state index in [1.807, 2.05) is 13.8 Å². The maximum atomic E-state index is 12.1. The highest BCUT2D eigenvalue weighted by Crippen LogP contribution is 2.67. The third-order valence-electron chi connectivity index (χ3n) is 5.28. The summed E-state index contributed by atoms with van der Waals surface area (Å²) in [4.78, 5) is 14.3. The van der Waals surface area contributed by atoms with Crippen LogP contribution in [0.4, 0.5) is 0 Å². The first kappa shape index (κ1) is 14.9. The lowest BCUT2D eigenvalue weighted by molar-refractivity contribution is -0.141. The molecule has 0 N–H and O–H groups in total. The number of hydrogen-bond acceptors (Lipinski definition) is 1. The molecule has 2 aliphatic heterocycles. The van der Waals surface area contributed by atoms with Gasteiger partial charge in [-0.05, 0) is 32.6 Å². The molecule has 2 nitrogen and oxygen atoms in total. The molecule has 3 heteroatoms. The van der Waals surface area contributed by atoms with Gasteiger partial charge in [0, 0.05) is 18.5 Å². The molecule has 2 heterocycles. The number of likely N-dealkylation sites (tertiary alicyclic amines) is 1. The van der Waals surface area contributed by atoms with E-state index >= 15 is 0 Å². The Labute approximate surface area is 119 Å². The van der Waals surface area contributed by atoms with E-state index in [1.54, 1.807) is 0 Å². The van der Waals surface area contributed by atoms with E-state index in [1.165, 1.54) is 19.3 Å². The number of hydrogen-bond donors (Lipinski definition) is 0. The van der Waals surface area contributed by atoms with Gasteiger partial charge in [-0.3, -0.25) is 4.79 Å². The van der Waals surface area contributed by atoms with Crippen molar-refractivity contribution in [3.8, 4) is 0 Å². The smallest absolute Gasteiger partial charge is 0.223 e. The molecule has 1 amide bonds. The van der Waals surface area contributed by atoms with Crippen LogP contribution in [-0.2, 0) is 4.79 Å². The third kappa shape index (κ3) is 2.58. The van der Waals surface area contributed by atoms with Gasteiger partial charge in [0.05, 0.1) is 0 Å². The zero-order chi connectivity index (χ0) is 14.2. The lowest BCUT2D eigenvalue weighted by Gasteiger charge is -2.44. The minimum absolute atomic E-state index is 0.374. The molecule has 1 radical (unpaired) electrons. The van der Waals surface area contributed by atoms with Crippen LogP contribution < -0.4 is 0 Å². The molecular weight excluding hydrogens is 233 g/mol. The molecule has 4 atom stereocenters. The maximum Gasteiger partial charge on any atom is 0.223 e. The molecule has 19 heavy (non-hydrogen) atoms. The van der Waals surface area contributed by atoms with Crippen molar-refractivity contribution >= 4 is 13.2 Å². The first-order chi connectivity index (χ1) is 9.03. The molecular formula is C16H29BNO. The van der Waals surface area contributed by atoms with Crippen molar-refractivity contribution in [1.29, 1.82) is 0 Å². The first-order valence-corrected chi connectivity index (χ1v) is 8.20. The van der Waals surface area contributed by atoms with E-state index in [4.69, 9.17) is 0 Å². The van der Waals surface area contributed by atoms with Gasteiger partial charge in [-0.15, -0.1) is 0 Å². The third-order valence-corrected chi connectivity index (χ3v) is 5.28. The largest absolute Gasteiger partial charge is 0.337 e. The average molecular weight is 262 g/mol. The highest BCUT2D eigenvalue weighted by Gasteiger charge is 2.58. The summed E-state index contributed by atoms with van der Waals surface area (Å²) >= 11 is 0. The van der Waals surface area contributed by atoms with Crippen LogP contribution in [0.2, 0.25) is 11.1 Å². The van der Waals surface area contributed by atoms with Gasteiger partial charge in [-0.2, -0.15) is 0 Å². The van der Waals surface area contributed by atoms with E-state index in [2.05, 4.69) is 33.0 Å². The summed E-state index contributed by atoms with van der Waals surface area (Å²) in [5, 5.41) is 0.516. The summed E-state index contributed by atoms with van der Waals surface area (Å²) in [6.07, 6.45) is 5.77. The first-order valence-electron chi connectivity index (χ1n) is 8.20. The minimum atomic E-state index is 0.374. The number of carbonyl (C=O) groups is 1. The highest BCUT2D eigenvalue weighted by atomic mass is 16.2. The molecule has 0 aromatic rings. The van der Waals surface area contributed by atoms with Crippen molar-refractivity contribution in [2.45, 2.75) is 89.9 Å². The topological polar surface area (TPSA) is 20.3 Å². The standard InChI is InChI=1S/C14H23BNO.C2H6/c1-9(2)16-11-5-4-8-14(3)13(15-14)10(11)6-7-12(16)17;1-2/h9-11,13H,4-8H2,1-3H3;1-2H3. The molecule has 3 fully saturated rings. The zero-order valence-electron chi connectivity index (χ0n) is 13.3. The van der Waals surface area contributed by atoms with E-state index in [-0.39, 0.29) is 0 Å². The number of carbonyl (C=O) groups excluding carboxylic acids is 1. The van der Waals surface area contributed by atoms with E-state index < -0.39 is 0 Å². The summed E-state index contributed by atoms with van der Waals surface area (Å²) in [6.45, 7) is 10.7. The highest BCUT2D eigenvalue weighted by molar-refractivity contribution is 6.56. The molecule has 1 aliphatic carbocycles. The Bertz CT molecular complexity index is 344. The van der Waals surface area contributed by atoms with Crippen LogP contribution in [-0.4, -0.2) is 30.2 Å². The molecule has 0 aromatic heterocycles. The van der Waals surface area contributed by atoms with Crippen LogP contribution in [0.3, 0.4) is 0 Å². The van der Waals surface area contributed by atoms with Gasteiger partial charge in [0.15, 0.2) is 0 Å². The van der Waals surface area contributed by atoms with Gasteiger partial charge in [0.1, 0.15) is 7.28 Å². The van der Waals surface area contributed by atoms with E-state index in [0.29, 0.717) is 23.3 Å². The van der Waals surface area contributed by atoms with Crippen LogP contribution in [0.15, 0.2) is 0 Å². The molecule has 3 aliphatic rings. The fraction of sp³-hybridized carbons (Fsp3) is 0.938. The normalized spacial score (nSPS) is 40.4. The SMILES string of the molecule is CC.CC(C)N1C(=O)CCC2C1CCCC1(C)[B]C21. The van der Waals surface area contributed by atoms with Gasteiger partial charge < -0.3 is 4.90 Å². The molecule has 0 spiro atoms. The molecule has 4 unspecified atom stereocenters. The van der Waals surface area contributed by atoms with Crippen molar-refractivity contribution < 1.29 is 4.79 Å². The predicted octanol–water partition coefficient (Wildman–Crippen LogP) is 3.90. The van der Waals surface area contributed by atoms with Crippen molar-refractivity contribution in [2.75, 3.05) is 0 Å². The number of piperidine rings is 1. The van der Waals surface area contributed by atoms with Crippen molar-refractivity contribution in [1.82, 2.24) is 4.90 Å². The van der Waals surface area contributed by atoms with Crippen molar-refractivity contribution in [3.05, 3.63) is 0 Å². The Balaban J connectivity index is 0.000000637.